The summed E-state index contributed by atoms with van der Waals surface area (Å²) in [6.45, 7) is 3.12. The summed E-state index contributed by atoms with van der Waals surface area (Å²) >= 11 is 1.53. The molecule has 2 N–H and O–H groups in total. The van der Waals surface area contributed by atoms with Crippen LogP contribution in [0.4, 0.5) is 0 Å². The summed E-state index contributed by atoms with van der Waals surface area (Å²) in [4.78, 5) is 11.9. The van der Waals surface area contributed by atoms with Crippen LogP contribution in [0.5, 0.6) is 0 Å². The number of nitrogens with one attached hydrogen (secondary N) is 1. The lowest BCUT2D eigenvalue weighted by molar-refractivity contribution is 0.0697. The smallest absolute Gasteiger partial charge is 0.336 e. The van der Waals surface area contributed by atoms with Gasteiger partial charge in [-0.1, -0.05) is 26.2 Å². The molecule has 1 heterocycles. The van der Waals surface area contributed by atoms with Crippen molar-refractivity contribution in [2.24, 2.45) is 5.92 Å². The normalized spacial score (nSPS) is 24.7. The fraction of sp³-hybridized carbons (Fsp3) is 0.643. The molecule has 0 bridgehead atoms. The molecule has 100 valence electrons. The Morgan fingerprint density at radius 2 is 2.22 bits per heavy atom. The third-order valence-corrected chi connectivity index (χ3v) is 4.74. The van der Waals surface area contributed by atoms with Crippen LogP contribution in [0.15, 0.2) is 11.4 Å². The number of hydrogen-bond donors (Lipinski definition) is 2. The van der Waals surface area contributed by atoms with E-state index in [1.165, 1.54) is 43.4 Å². The Labute approximate surface area is 112 Å². The first kappa shape index (κ1) is 13.6. The van der Waals surface area contributed by atoms with Crippen LogP contribution in [-0.2, 0) is 6.54 Å². The van der Waals surface area contributed by atoms with Gasteiger partial charge < -0.3 is 10.4 Å². The van der Waals surface area contributed by atoms with E-state index in [2.05, 4.69) is 12.2 Å². The molecular formula is C14H21NO2S. The van der Waals surface area contributed by atoms with Gasteiger partial charge in [0, 0.05) is 22.8 Å². The first-order valence-corrected chi connectivity index (χ1v) is 7.59. The molecule has 4 heteroatoms. The summed E-state index contributed by atoms with van der Waals surface area (Å²) in [5, 5.41) is 14.2. The lowest BCUT2D eigenvalue weighted by Gasteiger charge is -2.22. The Morgan fingerprint density at radius 3 is 2.94 bits per heavy atom. The Morgan fingerprint density at radius 1 is 1.44 bits per heavy atom. The van der Waals surface area contributed by atoms with Crippen molar-refractivity contribution in [1.29, 1.82) is 0 Å². The minimum absolute atomic E-state index is 0.408. The van der Waals surface area contributed by atoms with E-state index in [-0.39, 0.29) is 0 Å². The molecular weight excluding hydrogens is 246 g/mol. The van der Waals surface area contributed by atoms with Gasteiger partial charge >= 0.3 is 5.97 Å². The van der Waals surface area contributed by atoms with Gasteiger partial charge in [-0.15, -0.1) is 11.3 Å². The van der Waals surface area contributed by atoms with Gasteiger partial charge in [0.15, 0.2) is 0 Å². The van der Waals surface area contributed by atoms with E-state index in [9.17, 15) is 4.79 Å². The van der Waals surface area contributed by atoms with Crippen molar-refractivity contribution in [2.45, 2.75) is 51.6 Å². The van der Waals surface area contributed by atoms with Crippen LogP contribution in [0, 0.1) is 5.92 Å². The van der Waals surface area contributed by atoms with Crippen LogP contribution in [0.2, 0.25) is 0 Å². The molecule has 1 aromatic heterocycles. The predicted octanol–water partition coefficient (Wildman–Crippen LogP) is 3.50. The number of carboxylic acids is 1. The molecule has 2 rings (SSSR count). The summed E-state index contributed by atoms with van der Waals surface area (Å²) in [5.41, 5.74) is 0.408. The van der Waals surface area contributed by atoms with Crippen molar-refractivity contribution < 1.29 is 9.90 Å². The second kappa shape index (κ2) is 6.34. The minimum Gasteiger partial charge on any atom is -0.478 e. The monoisotopic (exact) mass is 267 g/mol. The lowest BCUT2D eigenvalue weighted by atomic mass is 9.97. The van der Waals surface area contributed by atoms with Gasteiger partial charge in [-0.05, 0) is 24.8 Å². The third-order valence-electron chi connectivity index (χ3n) is 3.80. The molecule has 3 nitrogen and oxygen atoms in total. The molecule has 0 saturated heterocycles. The molecule has 1 aliphatic rings. The van der Waals surface area contributed by atoms with Crippen LogP contribution in [0.25, 0.3) is 0 Å². The van der Waals surface area contributed by atoms with Gasteiger partial charge in [0.2, 0.25) is 0 Å². The topological polar surface area (TPSA) is 49.3 Å². The number of carboxylic acid groups (broad SMARTS) is 1. The maximum atomic E-state index is 10.8. The Kier molecular flexibility index (Phi) is 4.78. The van der Waals surface area contributed by atoms with Crippen molar-refractivity contribution >= 4 is 17.3 Å². The van der Waals surface area contributed by atoms with Crippen molar-refractivity contribution in [3.63, 3.8) is 0 Å². The molecule has 1 aromatic rings. The molecule has 0 radical (unpaired) electrons. The Balaban J connectivity index is 1.87. The number of thiophene rings is 1. The van der Waals surface area contributed by atoms with Crippen LogP contribution in [0.1, 0.15) is 54.3 Å². The van der Waals surface area contributed by atoms with Crippen molar-refractivity contribution in [1.82, 2.24) is 5.32 Å². The highest BCUT2D eigenvalue weighted by molar-refractivity contribution is 7.10. The van der Waals surface area contributed by atoms with E-state index in [0.29, 0.717) is 11.6 Å². The Hall–Kier alpha value is -0.870. The summed E-state index contributed by atoms with van der Waals surface area (Å²) in [5.74, 6) is -0.105. The zero-order chi connectivity index (χ0) is 13.0. The van der Waals surface area contributed by atoms with Crippen molar-refractivity contribution in [3.05, 3.63) is 21.9 Å². The third kappa shape index (κ3) is 3.56. The predicted molar refractivity (Wildman–Crippen MR) is 74.2 cm³/mol. The molecule has 2 unspecified atom stereocenters. The van der Waals surface area contributed by atoms with Gasteiger partial charge in [-0.3, -0.25) is 0 Å². The second-order valence-corrected chi connectivity index (χ2v) is 6.21. The molecule has 18 heavy (non-hydrogen) atoms. The minimum atomic E-state index is -0.833. The van der Waals surface area contributed by atoms with Gasteiger partial charge in [0.05, 0.1) is 5.56 Å². The lowest BCUT2D eigenvalue weighted by Crippen LogP contribution is -2.33. The largest absolute Gasteiger partial charge is 0.478 e. The highest BCUT2D eigenvalue weighted by Crippen LogP contribution is 2.24. The molecule has 0 amide bonds. The highest BCUT2D eigenvalue weighted by atomic mass is 32.1. The average Bonchev–Trinajstić information content (AvgIpc) is 2.72. The Bertz CT molecular complexity index is 402. The van der Waals surface area contributed by atoms with Crippen molar-refractivity contribution in [3.8, 4) is 0 Å². The number of hydrogen-bond acceptors (Lipinski definition) is 3. The van der Waals surface area contributed by atoms with Gasteiger partial charge in [0.25, 0.3) is 0 Å². The maximum Gasteiger partial charge on any atom is 0.336 e. The molecule has 0 aliphatic heterocycles. The van der Waals surface area contributed by atoms with Gasteiger partial charge in [0.1, 0.15) is 0 Å². The van der Waals surface area contributed by atoms with E-state index >= 15 is 0 Å². The van der Waals surface area contributed by atoms with Crippen LogP contribution in [0.3, 0.4) is 0 Å². The molecule has 1 saturated carbocycles. The first-order valence-electron chi connectivity index (χ1n) is 6.71. The SMILES string of the molecule is CC1CCCCCC1NCc1cc(C(=O)O)cs1. The number of rotatable bonds is 4. The van der Waals surface area contributed by atoms with Crippen LogP contribution < -0.4 is 5.32 Å². The number of carbonyl (C=O) groups is 1. The van der Waals surface area contributed by atoms with Crippen LogP contribution in [-0.4, -0.2) is 17.1 Å². The number of aromatic carboxylic acids is 1. The standard InChI is InChI=1S/C14H21NO2S/c1-10-5-3-2-4-6-13(10)15-8-12-7-11(9-18-12)14(16)17/h7,9-10,13,15H,2-6,8H2,1H3,(H,16,17). The van der Waals surface area contributed by atoms with Gasteiger partial charge in [-0.2, -0.15) is 0 Å². The molecule has 1 aliphatic carbocycles. The summed E-state index contributed by atoms with van der Waals surface area (Å²) in [6, 6.07) is 2.37. The zero-order valence-electron chi connectivity index (χ0n) is 10.8. The zero-order valence-corrected chi connectivity index (χ0v) is 11.6. The van der Waals surface area contributed by atoms with E-state index in [1.807, 2.05) is 0 Å². The van der Waals surface area contributed by atoms with E-state index in [1.54, 1.807) is 11.4 Å². The molecule has 0 aromatic carbocycles. The summed E-state index contributed by atoms with van der Waals surface area (Å²) in [6.07, 6.45) is 6.57. The summed E-state index contributed by atoms with van der Waals surface area (Å²) in [7, 11) is 0. The molecule has 0 spiro atoms. The fourth-order valence-electron chi connectivity index (χ4n) is 2.61. The molecule has 1 fully saturated rings. The average molecular weight is 267 g/mol. The van der Waals surface area contributed by atoms with E-state index in [4.69, 9.17) is 5.11 Å². The second-order valence-electron chi connectivity index (χ2n) is 5.21. The fourth-order valence-corrected chi connectivity index (χ4v) is 3.42. The maximum absolute atomic E-state index is 10.8. The quantitative estimate of drug-likeness (QED) is 0.821. The van der Waals surface area contributed by atoms with Gasteiger partial charge in [-0.25, -0.2) is 4.79 Å². The first-order chi connectivity index (χ1) is 8.66. The van der Waals surface area contributed by atoms with Crippen molar-refractivity contribution in [2.75, 3.05) is 0 Å². The van der Waals surface area contributed by atoms with E-state index in [0.717, 1.165) is 17.3 Å². The summed E-state index contributed by atoms with van der Waals surface area (Å²) < 4.78 is 0. The highest BCUT2D eigenvalue weighted by Gasteiger charge is 2.19. The molecule has 2 atom stereocenters. The van der Waals surface area contributed by atoms with Crippen LogP contribution >= 0.6 is 11.3 Å². The van der Waals surface area contributed by atoms with E-state index < -0.39 is 5.97 Å².